The third-order valence-electron chi connectivity index (χ3n) is 3.03. The Morgan fingerprint density at radius 1 is 1.33 bits per heavy atom. The second-order valence-corrected chi connectivity index (χ2v) is 5.25. The van der Waals surface area contributed by atoms with Gasteiger partial charge in [0.05, 0.1) is 0 Å². The van der Waals surface area contributed by atoms with Crippen LogP contribution in [0.3, 0.4) is 0 Å². The minimum Gasteiger partial charge on any atom is -0.367 e. The maximum Gasteiger partial charge on any atom is 0.130 e. The van der Waals surface area contributed by atoms with Gasteiger partial charge in [0.25, 0.3) is 0 Å². The highest BCUT2D eigenvalue weighted by Crippen LogP contribution is 2.12. The molecule has 1 aromatic rings. The molecule has 0 aliphatic heterocycles. The fourth-order valence-electron chi connectivity index (χ4n) is 1.90. The van der Waals surface area contributed by atoms with Gasteiger partial charge in [-0.1, -0.05) is 13.8 Å². The predicted molar refractivity (Wildman–Crippen MR) is 79.8 cm³/mol. The van der Waals surface area contributed by atoms with E-state index in [0.29, 0.717) is 6.04 Å². The number of nitrogens with one attached hydrogen (secondary N) is 1. The minimum absolute atomic E-state index is 0.433. The van der Waals surface area contributed by atoms with E-state index >= 15 is 0 Å². The van der Waals surface area contributed by atoms with Crippen LogP contribution in [0.2, 0.25) is 0 Å². The number of anilines is 1. The van der Waals surface area contributed by atoms with Crippen molar-refractivity contribution in [1.82, 2.24) is 14.9 Å². The van der Waals surface area contributed by atoms with Crippen molar-refractivity contribution >= 4 is 21.7 Å². The molecule has 0 amide bonds. The van der Waals surface area contributed by atoms with Gasteiger partial charge < -0.3 is 10.2 Å². The lowest BCUT2D eigenvalue weighted by atomic mass is 10.1. The van der Waals surface area contributed by atoms with Crippen LogP contribution in [-0.4, -0.2) is 40.5 Å². The van der Waals surface area contributed by atoms with E-state index < -0.39 is 0 Å². The third-order valence-corrected chi connectivity index (χ3v) is 3.47. The standard InChI is InChI=1S/C13H23BrN4/c1-4-18(5-2)8-6-7-11(3)17-13-9-12(14)15-10-16-13/h9-11H,4-8H2,1-3H3,(H,15,16,17). The Morgan fingerprint density at radius 3 is 2.67 bits per heavy atom. The van der Waals surface area contributed by atoms with Gasteiger partial charge in [-0.3, -0.25) is 0 Å². The van der Waals surface area contributed by atoms with Crippen LogP contribution in [0.5, 0.6) is 0 Å². The lowest BCUT2D eigenvalue weighted by Gasteiger charge is -2.20. The van der Waals surface area contributed by atoms with Gasteiger partial charge in [-0.2, -0.15) is 0 Å². The molecule has 0 aliphatic rings. The van der Waals surface area contributed by atoms with Crippen molar-refractivity contribution in [3.05, 3.63) is 17.0 Å². The molecule has 0 radical (unpaired) electrons. The van der Waals surface area contributed by atoms with E-state index in [1.807, 2.05) is 6.07 Å². The Morgan fingerprint density at radius 2 is 2.06 bits per heavy atom. The van der Waals surface area contributed by atoms with Crippen molar-refractivity contribution in [1.29, 1.82) is 0 Å². The molecule has 0 aromatic carbocycles. The summed E-state index contributed by atoms with van der Waals surface area (Å²) in [5.41, 5.74) is 0. The third kappa shape index (κ3) is 5.78. The quantitative estimate of drug-likeness (QED) is 0.748. The number of hydrogen-bond donors (Lipinski definition) is 1. The normalized spacial score (nSPS) is 12.7. The molecule has 1 atom stereocenters. The molecule has 0 spiro atoms. The van der Waals surface area contributed by atoms with Crippen molar-refractivity contribution < 1.29 is 0 Å². The number of hydrogen-bond acceptors (Lipinski definition) is 4. The number of nitrogens with zero attached hydrogens (tertiary/aromatic N) is 3. The van der Waals surface area contributed by atoms with Gasteiger partial charge in [0.1, 0.15) is 16.7 Å². The molecule has 4 nitrogen and oxygen atoms in total. The van der Waals surface area contributed by atoms with Crippen LogP contribution in [-0.2, 0) is 0 Å². The summed E-state index contributed by atoms with van der Waals surface area (Å²) in [5, 5.41) is 3.39. The maximum atomic E-state index is 4.19. The average molecular weight is 315 g/mol. The number of rotatable bonds is 8. The second-order valence-electron chi connectivity index (χ2n) is 4.44. The average Bonchev–Trinajstić information content (AvgIpc) is 2.34. The molecular formula is C13H23BrN4. The van der Waals surface area contributed by atoms with E-state index in [2.05, 4.69) is 56.9 Å². The molecule has 18 heavy (non-hydrogen) atoms. The zero-order valence-corrected chi connectivity index (χ0v) is 13.1. The summed E-state index contributed by atoms with van der Waals surface area (Å²) in [6.45, 7) is 10.1. The van der Waals surface area contributed by atoms with Gasteiger partial charge in [0.15, 0.2) is 0 Å². The van der Waals surface area contributed by atoms with Gasteiger partial charge >= 0.3 is 0 Å². The zero-order chi connectivity index (χ0) is 13.4. The van der Waals surface area contributed by atoms with E-state index in [-0.39, 0.29) is 0 Å². The lowest BCUT2D eigenvalue weighted by Crippen LogP contribution is -2.25. The van der Waals surface area contributed by atoms with Crippen LogP contribution >= 0.6 is 15.9 Å². The molecule has 0 saturated carbocycles. The zero-order valence-electron chi connectivity index (χ0n) is 11.5. The van der Waals surface area contributed by atoms with Gasteiger partial charge in [-0.15, -0.1) is 0 Å². The highest BCUT2D eigenvalue weighted by Gasteiger charge is 2.05. The Kier molecular flexibility index (Phi) is 7.20. The van der Waals surface area contributed by atoms with Crippen LogP contribution in [0.25, 0.3) is 0 Å². The smallest absolute Gasteiger partial charge is 0.130 e. The first-order valence-corrected chi connectivity index (χ1v) is 7.41. The van der Waals surface area contributed by atoms with Crippen molar-refractivity contribution in [3.63, 3.8) is 0 Å². The Hall–Kier alpha value is -0.680. The van der Waals surface area contributed by atoms with Gasteiger partial charge in [-0.25, -0.2) is 9.97 Å². The second kappa shape index (κ2) is 8.43. The fourth-order valence-corrected chi connectivity index (χ4v) is 2.21. The van der Waals surface area contributed by atoms with Crippen molar-refractivity contribution in [2.75, 3.05) is 25.0 Å². The van der Waals surface area contributed by atoms with Crippen LogP contribution in [0.15, 0.2) is 17.0 Å². The van der Waals surface area contributed by atoms with Crippen LogP contribution in [0.4, 0.5) is 5.82 Å². The van der Waals surface area contributed by atoms with E-state index in [9.17, 15) is 0 Å². The molecule has 1 heterocycles. The van der Waals surface area contributed by atoms with Gasteiger partial charge in [-0.05, 0) is 55.3 Å². The molecule has 0 bridgehead atoms. The molecular weight excluding hydrogens is 292 g/mol. The van der Waals surface area contributed by atoms with E-state index in [1.54, 1.807) is 6.33 Å². The largest absolute Gasteiger partial charge is 0.367 e. The summed E-state index contributed by atoms with van der Waals surface area (Å²) in [6, 6.07) is 2.34. The topological polar surface area (TPSA) is 41.0 Å². The number of halogens is 1. The molecule has 5 heteroatoms. The predicted octanol–water partition coefficient (Wildman–Crippen LogP) is 3.16. The highest BCUT2D eigenvalue weighted by atomic mass is 79.9. The first-order chi connectivity index (χ1) is 8.65. The Balaban J connectivity index is 2.27. The molecule has 1 N–H and O–H groups in total. The molecule has 1 unspecified atom stereocenters. The van der Waals surface area contributed by atoms with Gasteiger partial charge in [0.2, 0.25) is 0 Å². The number of aromatic nitrogens is 2. The molecule has 102 valence electrons. The van der Waals surface area contributed by atoms with Crippen molar-refractivity contribution in [2.24, 2.45) is 0 Å². The van der Waals surface area contributed by atoms with Crippen molar-refractivity contribution in [3.8, 4) is 0 Å². The summed E-state index contributed by atoms with van der Waals surface area (Å²) in [7, 11) is 0. The monoisotopic (exact) mass is 314 g/mol. The Labute approximate surface area is 118 Å². The first-order valence-electron chi connectivity index (χ1n) is 6.62. The summed E-state index contributed by atoms with van der Waals surface area (Å²) < 4.78 is 0.815. The van der Waals surface area contributed by atoms with E-state index in [4.69, 9.17) is 0 Å². The SMILES string of the molecule is CCN(CC)CCCC(C)Nc1cc(Br)ncn1. The molecule has 0 saturated heterocycles. The maximum absolute atomic E-state index is 4.19. The molecule has 0 aliphatic carbocycles. The summed E-state index contributed by atoms with van der Waals surface area (Å²) in [5.74, 6) is 0.882. The molecule has 1 rings (SSSR count). The molecule has 1 aromatic heterocycles. The lowest BCUT2D eigenvalue weighted by molar-refractivity contribution is 0.295. The summed E-state index contributed by atoms with van der Waals surface area (Å²) in [6.07, 6.45) is 3.93. The van der Waals surface area contributed by atoms with Crippen molar-refractivity contribution in [2.45, 2.75) is 39.7 Å². The Bertz CT molecular complexity index is 342. The molecule has 0 fully saturated rings. The van der Waals surface area contributed by atoms with Gasteiger partial charge in [0, 0.05) is 12.1 Å². The highest BCUT2D eigenvalue weighted by molar-refractivity contribution is 9.10. The summed E-state index contributed by atoms with van der Waals surface area (Å²) >= 11 is 3.34. The summed E-state index contributed by atoms with van der Waals surface area (Å²) in [4.78, 5) is 10.7. The van der Waals surface area contributed by atoms with Crippen LogP contribution in [0.1, 0.15) is 33.6 Å². The van der Waals surface area contributed by atoms with Crippen LogP contribution in [0, 0.1) is 0 Å². The van der Waals surface area contributed by atoms with E-state index in [0.717, 1.165) is 29.9 Å². The fraction of sp³-hybridized carbons (Fsp3) is 0.692. The van der Waals surface area contributed by atoms with Crippen LogP contribution < -0.4 is 5.32 Å². The first kappa shape index (κ1) is 15.4. The minimum atomic E-state index is 0.433. The van der Waals surface area contributed by atoms with E-state index in [1.165, 1.54) is 13.0 Å².